The van der Waals surface area contributed by atoms with Gasteiger partial charge in [0.2, 0.25) is 5.91 Å². The van der Waals surface area contributed by atoms with Crippen molar-refractivity contribution in [3.05, 3.63) is 46.7 Å². The molecule has 0 fully saturated rings. The van der Waals surface area contributed by atoms with E-state index >= 15 is 0 Å². The number of aryl methyl sites for hydroxylation is 1. The van der Waals surface area contributed by atoms with Crippen molar-refractivity contribution in [1.82, 2.24) is 14.9 Å². The Morgan fingerprint density at radius 3 is 2.58 bits per heavy atom. The Balaban J connectivity index is 1.77. The van der Waals surface area contributed by atoms with Crippen molar-refractivity contribution in [2.24, 2.45) is 0 Å². The van der Waals surface area contributed by atoms with Gasteiger partial charge < -0.3 is 19.5 Å². The first-order valence-corrected chi connectivity index (χ1v) is 11.9. The fourth-order valence-corrected chi connectivity index (χ4v) is 4.81. The number of rotatable bonds is 1. The van der Waals surface area contributed by atoms with Crippen LogP contribution in [0.3, 0.4) is 0 Å². The first-order valence-electron chi connectivity index (χ1n) is 11.1. The van der Waals surface area contributed by atoms with Gasteiger partial charge in [0, 0.05) is 37.5 Å². The van der Waals surface area contributed by atoms with Crippen molar-refractivity contribution in [2.45, 2.75) is 45.6 Å². The zero-order valence-corrected chi connectivity index (χ0v) is 21.0. The molecule has 0 saturated carbocycles. The number of nitrogens with zero attached hydrogens (tertiary/aromatic N) is 3. The highest BCUT2D eigenvalue weighted by atomic mass is 79.9. The number of anilines is 1. The number of ether oxygens (including phenoxy) is 1. The maximum Gasteiger partial charge on any atom is 0.410 e. The van der Waals surface area contributed by atoms with E-state index in [1.807, 2.05) is 39.0 Å². The molecule has 2 amide bonds. The normalized spacial score (nSPS) is 15.5. The summed E-state index contributed by atoms with van der Waals surface area (Å²) in [5.74, 6) is -0.0660. The predicted octanol–water partition coefficient (Wildman–Crippen LogP) is 5.53. The summed E-state index contributed by atoms with van der Waals surface area (Å²) < 4.78 is 6.42. The van der Waals surface area contributed by atoms with Crippen LogP contribution in [0.4, 0.5) is 10.5 Å². The number of pyridine rings is 1. The lowest BCUT2D eigenvalue weighted by Crippen LogP contribution is -2.40. The van der Waals surface area contributed by atoms with E-state index in [1.54, 1.807) is 23.0 Å². The highest BCUT2D eigenvalue weighted by Gasteiger charge is 2.27. The largest absolute Gasteiger partial charge is 0.444 e. The molecular weight excluding hydrogens is 484 g/mol. The van der Waals surface area contributed by atoms with Crippen LogP contribution in [0.15, 0.2) is 41.1 Å². The molecule has 174 valence electrons. The van der Waals surface area contributed by atoms with Crippen LogP contribution in [0.5, 0.6) is 0 Å². The number of aromatic amines is 1. The fraction of sp³-hybridized carbons (Fsp3) is 0.400. The molecule has 1 aliphatic rings. The van der Waals surface area contributed by atoms with Crippen molar-refractivity contribution in [2.75, 3.05) is 25.0 Å². The number of benzene rings is 1. The molecule has 0 unspecified atom stereocenters. The maximum atomic E-state index is 13.0. The number of hydrogen-bond donors (Lipinski definition) is 1. The molecule has 1 aromatic carbocycles. The third-order valence-corrected chi connectivity index (χ3v) is 6.36. The van der Waals surface area contributed by atoms with Crippen LogP contribution < -0.4 is 4.90 Å². The van der Waals surface area contributed by atoms with Crippen LogP contribution in [-0.4, -0.2) is 52.6 Å². The van der Waals surface area contributed by atoms with Crippen LogP contribution >= 0.6 is 15.9 Å². The monoisotopic (exact) mass is 512 g/mol. The summed E-state index contributed by atoms with van der Waals surface area (Å²) in [5.41, 5.74) is 4.12. The summed E-state index contributed by atoms with van der Waals surface area (Å²) in [6, 6.07) is 10.1. The third-order valence-electron chi connectivity index (χ3n) is 5.76. The second-order valence-corrected chi connectivity index (χ2v) is 10.1. The summed E-state index contributed by atoms with van der Waals surface area (Å²) in [6.45, 7) is 6.38. The van der Waals surface area contributed by atoms with Crippen molar-refractivity contribution in [3.63, 3.8) is 0 Å². The molecule has 4 rings (SSSR count). The van der Waals surface area contributed by atoms with Crippen LogP contribution in [0.1, 0.15) is 39.2 Å². The van der Waals surface area contributed by atoms with E-state index in [9.17, 15) is 9.59 Å². The Kier molecular flexibility index (Phi) is 6.47. The molecule has 8 heteroatoms. The van der Waals surface area contributed by atoms with Crippen LogP contribution in [0, 0.1) is 0 Å². The van der Waals surface area contributed by atoms with E-state index in [0.717, 1.165) is 44.4 Å². The number of amides is 2. The van der Waals surface area contributed by atoms with Gasteiger partial charge in [-0.05, 0) is 60.7 Å². The molecule has 0 bridgehead atoms. The third kappa shape index (κ3) is 4.90. The van der Waals surface area contributed by atoms with Crippen LogP contribution in [-0.2, 0) is 16.0 Å². The zero-order chi connectivity index (χ0) is 23.8. The summed E-state index contributed by atoms with van der Waals surface area (Å²) in [5, 5.41) is 0.995. The molecule has 2 aromatic heterocycles. The first-order chi connectivity index (χ1) is 15.7. The minimum atomic E-state index is -0.584. The molecular formula is C25H29BrN4O3. The summed E-state index contributed by atoms with van der Waals surface area (Å²) in [6.07, 6.45) is 3.03. The predicted molar refractivity (Wildman–Crippen MR) is 133 cm³/mol. The topological polar surface area (TPSA) is 78.5 Å². The van der Waals surface area contributed by atoms with Gasteiger partial charge in [0.15, 0.2) is 0 Å². The smallest absolute Gasteiger partial charge is 0.410 e. The highest BCUT2D eigenvalue weighted by molar-refractivity contribution is 9.10. The number of carbonyl (C=O) groups excluding carboxylic acids is 2. The number of halogens is 1. The number of hydrogen-bond acceptors (Lipinski definition) is 4. The molecule has 0 spiro atoms. The van der Waals surface area contributed by atoms with Gasteiger partial charge in [-0.1, -0.05) is 30.3 Å². The Hall–Kier alpha value is -2.87. The average Bonchev–Trinajstić information content (AvgIpc) is 3.10. The molecule has 3 heterocycles. The molecule has 0 saturated heterocycles. The van der Waals surface area contributed by atoms with Gasteiger partial charge in [0.05, 0.1) is 16.5 Å². The van der Waals surface area contributed by atoms with Gasteiger partial charge in [-0.15, -0.1) is 0 Å². The Morgan fingerprint density at radius 2 is 1.88 bits per heavy atom. The Labute approximate surface area is 202 Å². The van der Waals surface area contributed by atoms with Gasteiger partial charge in [0.1, 0.15) is 11.2 Å². The second kappa shape index (κ2) is 9.17. The van der Waals surface area contributed by atoms with E-state index in [0.29, 0.717) is 19.5 Å². The van der Waals surface area contributed by atoms with E-state index in [4.69, 9.17) is 4.74 Å². The number of carbonyl (C=O) groups is 2. The van der Waals surface area contributed by atoms with Gasteiger partial charge in [-0.3, -0.25) is 4.79 Å². The van der Waals surface area contributed by atoms with Crippen molar-refractivity contribution >= 4 is 44.7 Å². The Bertz CT molecular complexity index is 1180. The standard InChI is InChI=1S/C25H29BrN4O3/c1-25(2,3)33-24(32)30-13-8-11-17-18(29(4)19(31)12-14-30)15-27-23-21(17)20(22(26)28-23)16-9-6-5-7-10-16/h5-7,9-10,15H,8,11-14H2,1-4H3,(H,27,28). The number of nitrogens with one attached hydrogen (secondary N) is 1. The van der Waals surface area contributed by atoms with Gasteiger partial charge in [-0.25, -0.2) is 9.78 Å². The average molecular weight is 513 g/mol. The molecule has 0 radical (unpaired) electrons. The number of fused-ring (bicyclic) bond motifs is 3. The molecule has 1 N–H and O–H groups in total. The minimum Gasteiger partial charge on any atom is -0.444 e. The van der Waals surface area contributed by atoms with Crippen molar-refractivity contribution in [3.8, 4) is 11.1 Å². The minimum absolute atomic E-state index is 0.0660. The molecule has 7 nitrogen and oxygen atoms in total. The van der Waals surface area contributed by atoms with Gasteiger partial charge >= 0.3 is 6.09 Å². The summed E-state index contributed by atoms with van der Waals surface area (Å²) in [4.78, 5) is 37.0. The maximum absolute atomic E-state index is 13.0. The first kappa shape index (κ1) is 23.3. The highest BCUT2D eigenvalue weighted by Crippen LogP contribution is 2.40. The van der Waals surface area contributed by atoms with E-state index in [2.05, 4.69) is 38.0 Å². The lowest BCUT2D eigenvalue weighted by molar-refractivity contribution is -0.118. The fourth-order valence-electron chi connectivity index (χ4n) is 4.20. The van der Waals surface area contributed by atoms with Crippen molar-refractivity contribution < 1.29 is 14.3 Å². The van der Waals surface area contributed by atoms with Crippen molar-refractivity contribution in [1.29, 1.82) is 0 Å². The van der Waals surface area contributed by atoms with Crippen LogP contribution in [0.2, 0.25) is 0 Å². The molecule has 0 atom stereocenters. The Morgan fingerprint density at radius 1 is 1.15 bits per heavy atom. The van der Waals surface area contributed by atoms with E-state index in [1.165, 1.54) is 0 Å². The number of H-pyrrole nitrogens is 1. The SMILES string of the molecule is CN1C(=O)CCN(C(=O)OC(C)(C)C)CCCc2c1cnc1[nH]c(Br)c(-c3ccccc3)c21. The molecule has 3 aromatic rings. The quantitative estimate of drug-likeness (QED) is 0.464. The zero-order valence-electron chi connectivity index (χ0n) is 19.4. The summed E-state index contributed by atoms with van der Waals surface area (Å²) >= 11 is 3.68. The molecule has 1 aliphatic heterocycles. The molecule has 0 aliphatic carbocycles. The molecule has 33 heavy (non-hydrogen) atoms. The van der Waals surface area contributed by atoms with Crippen LogP contribution in [0.25, 0.3) is 22.2 Å². The second-order valence-electron chi connectivity index (χ2n) is 9.30. The number of aromatic nitrogens is 2. The van der Waals surface area contributed by atoms with E-state index in [-0.39, 0.29) is 18.4 Å². The summed E-state index contributed by atoms with van der Waals surface area (Å²) in [7, 11) is 1.78. The lowest BCUT2D eigenvalue weighted by atomic mass is 9.97. The lowest BCUT2D eigenvalue weighted by Gasteiger charge is -2.29. The van der Waals surface area contributed by atoms with Gasteiger partial charge in [0.25, 0.3) is 0 Å². The van der Waals surface area contributed by atoms with E-state index < -0.39 is 5.60 Å². The van der Waals surface area contributed by atoms with Gasteiger partial charge in [-0.2, -0.15) is 0 Å².